The molecule has 1 aromatic rings. The molecule has 104 valence electrons. The molecule has 2 aliphatic rings. The minimum absolute atomic E-state index is 0.270. The molecule has 1 aliphatic heterocycles. The lowest BCUT2D eigenvalue weighted by molar-refractivity contribution is -0.0451. The molecule has 1 aliphatic carbocycles. The van der Waals surface area contributed by atoms with Crippen molar-refractivity contribution in [2.75, 3.05) is 19.8 Å². The number of aryl methyl sites for hydroxylation is 1. The molecule has 1 heterocycles. The lowest BCUT2D eigenvalue weighted by atomic mass is 9.57. The molecule has 0 bridgehead atoms. The predicted octanol–water partition coefficient (Wildman–Crippen LogP) is 3.38. The molecule has 19 heavy (non-hydrogen) atoms. The summed E-state index contributed by atoms with van der Waals surface area (Å²) in [5, 5.41) is 0. The Bertz CT molecular complexity index is 429. The summed E-state index contributed by atoms with van der Waals surface area (Å²) in [6.07, 6.45) is 4.98. The van der Waals surface area contributed by atoms with Crippen LogP contribution in [-0.4, -0.2) is 24.5 Å². The summed E-state index contributed by atoms with van der Waals surface area (Å²) in [5.41, 5.74) is 7.94. The lowest BCUT2D eigenvalue weighted by Gasteiger charge is -2.57. The zero-order chi connectivity index (χ0) is 13.3. The van der Waals surface area contributed by atoms with Crippen molar-refractivity contribution in [1.29, 1.82) is 0 Å². The van der Waals surface area contributed by atoms with Gasteiger partial charge in [-0.05, 0) is 50.2 Å². The summed E-state index contributed by atoms with van der Waals surface area (Å²) in [6.45, 7) is 4.80. The van der Waals surface area contributed by atoms with Gasteiger partial charge in [0.2, 0.25) is 0 Å². The molecule has 0 radical (unpaired) electrons. The van der Waals surface area contributed by atoms with Crippen LogP contribution in [0, 0.1) is 12.3 Å². The summed E-state index contributed by atoms with van der Waals surface area (Å²) in [4.78, 5) is 1.36. The van der Waals surface area contributed by atoms with E-state index >= 15 is 0 Å². The van der Waals surface area contributed by atoms with Gasteiger partial charge in [0.1, 0.15) is 0 Å². The monoisotopic (exact) mass is 277 g/mol. The van der Waals surface area contributed by atoms with Crippen molar-refractivity contribution in [3.8, 4) is 0 Å². The van der Waals surface area contributed by atoms with Crippen LogP contribution in [0.1, 0.15) is 31.2 Å². The number of hydrogen-bond donors (Lipinski definition) is 1. The van der Waals surface area contributed by atoms with Crippen molar-refractivity contribution in [3.05, 3.63) is 29.8 Å². The second-order valence-corrected chi connectivity index (χ2v) is 7.81. The largest absolute Gasteiger partial charge is 0.381 e. The lowest BCUT2D eigenvalue weighted by Crippen LogP contribution is -2.55. The molecule has 1 aromatic carbocycles. The van der Waals surface area contributed by atoms with E-state index in [9.17, 15) is 0 Å². The van der Waals surface area contributed by atoms with Crippen molar-refractivity contribution in [2.45, 2.75) is 42.2 Å². The van der Waals surface area contributed by atoms with Crippen molar-refractivity contribution in [1.82, 2.24) is 0 Å². The third-order valence-corrected chi connectivity index (χ3v) is 6.07. The van der Waals surface area contributed by atoms with Crippen LogP contribution in [0.15, 0.2) is 29.2 Å². The predicted molar refractivity (Wildman–Crippen MR) is 80.5 cm³/mol. The minimum Gasteiger partial charge on any atom is -0.381 e. The van der Waals surface area contributed by atoms with Gasteiger partial charge in [-0.15, -0.1) is 11.8 Å². The van der Waals surface area contributed by atoms with Crippen molar-refractivity contribution < 1.29 is 4.74 Å². The average Bonchev–Trinajstić information content (AvgIpc) is 2.40. The number of ether oxygens (including phenoxy) is 1. The fraction of sp³-hybridized carbons (Fsp3) is 0.625. The molecule has 0 atom stereocenters. The van der Waals surface area contributed by atoms with Gasteiger partial charge in [0.15, 0.2) is 0 Å². The van der Waals surface area contributed by atoms with Gasteiger partial charge in [-0.3, -0.25) is 0 Å². The van der Waals surface area contributed by atoms with Gasteiger partial charge >= 0.3 is 0 Å². The number of nitrogens with two attached hydrogens (primary N) is 1. The smallest absolute Gasteiger partial charge is 0.0471 e. The Morgan fingerprint density at radius 3 is 2.37 bits per heavy atom. The second kappa shape index (κ2) is 5.12. The molecule has 1 saturated carbocycles. The molecule has 0 amide bonds. The van der Waals surface area contributed by atoms with E-state index in [1.807, 2.05) is 11.8 Å². The molecule has 2 nitrogen and oxygen atoms in total. The Hall–Kier alpha value is -0.510. The van der Waals surface area contributed by atoms with Crippen LogP contribution in [-0.2, 0) is 4.74 Å². The fourth-order valence-electron chi connectivity index (χ4n) is 3.59. The maximum absolute atomic E-state index is 6.08. The van der Waals surface area contributed by atoms with E-state index in [1.165, 1.54) is 36.1 Å². The first kappa shape index (κ1) is 13.5. The highest BCUT2D eigenvalue weighted by atomic mass is 32.2. The van der Waals surface area contributed by atoms with Gasteiger partial charge in [0.25, 0.3) is 0 Å². The highest BCUT2D eigenvalue weighted by Crippen LogP contribution is 2.61. The van der Waals surface area contributed by atoms with Gasteiger partial charge < -0.3 is 10.5 Å². The molecule has 3 rings (SSSR count). The summed E-state index contributed by atoms with van der Waals surface area (Å²) >= 11 is 1.99. The maximum Gasteiger partial charge on any atom is 0.0471 e. The molecular formula is C16H23NOS. The van der Waals surface area contributed by atoms with Crippen LogP contribution in [0.25, 0.3) is 0 Å². The number of rotatable bonds is 3. The first-order valence-corrected chi connectivity index (χ1v) is 8.01. The molecule has 1 saturated heterocycles. The summed E-state index contributed by atoms with van der Waals surface area (Å²) < 4.78 is 5.77. The van der Waals surface area contributed by atoms with Crippen molar-refractivity contribution in [2.24, 2.45) is 11.1 Å². The minimum atomic E-state index is 0.270. The number of hydrogen-bond acceptors (Lipinski definition) is 3. The normalized spacial score (nSPS) is 24.1. The Kier molecular flexibility index (Phi) is 3.63. The Morgan fingerprint density at radius 2 is 1.79 bits per heavy atom. The second-order valence-electron chi connectivity index (χ2n) is 6.27. The molecular weight excluding hydrogens is 254 g/mol. The third-order valence-electron chi connectivity index (χ3n) is 4.68. The van der Waals surface area contributed by atoms with E-state index in [2.05, 4.69) is 31.2 Å². The first-order chi connectivity index (χ1) is 9.15. The summed E-state index contributed by atoms with van der Waals surface area (Å²) in [5.74, 6) is 0. The Labute approximate surface area is 120 Å². The molecule has 0 aromatic heterocycles. The van der Waals surface area contributed by atoms with E-state index in [-0.39, 0.29) is 4.75 Å². The third kappa shape index (κ3) is 2.69. The number of thioether (sulfide) groups is 1. The van der Waals surface area contributed by atoms with Crippen LogP contribution in [0.5, 0.6) is 0 Å². The van der Waals surface area contributed by atoms with Crippen molar-refractivity contribution in [3.63, 3.8) is 0 Å². The highest BCUT2D eigenvalue weighted by Gasteiger charge is 2.54. The molecule has 0 unspecified atom stereocenters. The van der Waals surface area contributed by atoms with E-state index in [0.29, 0.717) is 5.41 Å². The topological polar surface area (TPSA) is 35.2 Å². The number of benzene rings is 1. The van der Waals surface area contributed by atoms with E-state index in [0.717, 1.165) is 19.8 Å². The SMILES string of the molecule is Cc1ccc(SC2(CN)CC3(CCOCC3)C2)cc1. The molecule has 2 N–H and O–H groups in total. The quantitative estimate of drug-likeness (QED) is 0.920. The van der Waals surface area contributed by atoms with Crippen molar-refractivity contribution >= 4 is 11.8 Å². The zero-order valence-electron chi connectivity index (χ0n) is 11.7. The maximum atomic E-state index is 6.08. The van der Waals surface area contributed by atoms with Crippen LogP contribution in [0.3, 0.4) is 0 Å². The average molecular weight is 277 g/mol. The van der Waals surface area contributed by atoms with Gasteiger partial charge in [0.05, 0.1) is 0 Å². The van der Waals surface area contributed by atoms with E-state index < -0.39 is 0 Å². The van der Waals surface area contributed by atoms with Gasteiger partial charge in [-0.25, -0.2) is 0 Å². The van der Waals surface area contributed by atoms with E-state index in [4.69, 9.17) is 10.5 Å². The Morgan fingerprint density at radius 1 is 1.16 bits per heavy atom. The van der Waals surface area contributed by atoms with Gasteiger partial charge in [0, 0.05) is 29.4 Å². The van der Waals surface area contributed by atoms with Crippen LogP contribution in [0.4, 0.5) is 0 Å². The van der Waals surface area contributed by atoms with Gasteiger partial charge in [-0.2, -0.15) is 0 Å². The fourth-order valence-corrected chi connectivity index (χ4v) is 5.20. The standard InChI is InChI=1S/C16H23NOS/c1-13-2-4-14(5-3-13)19-16(12-17)10-15(11-16)6-8-18-9-7-15/h2-5H,6-12,17H2,1H3. The van der Waals surface area contributed by atoms with E-state index in [1.54, 1.807) is 0 Å². The van der Waals surface area contributed by atoms with Crippen LogP contribution < -0.4 is 5.73 Å². The summed E-state index contributed by atoms with van der Waals surface area (Å²) in [7, 11) is 0. The molecule has 3 heteroatoms. The Balaban J connectivity index is 1.67. The highest BCUT2D eigenvalue weighted by molar-refractivity contribution is 8.00. The van der Waals surface area contributed by atoms with Crippen LogP contribution >= 0.6 is 11.8 Å². The molecule has 2 fully saturated rings. The zero-order valence-corrected chi connectivity index (χ0v) is 12.5. The van der Waals surface area contributed by atoms with Crippen LogP contribution in [0.2, 0.25) is 0 Å². The van der Waals surface area contributed by atoms with Gasteiger partial charge in [-0.1, -0.05) is 17.7 Å². The first-order valence-electron chi connectivity index (χ1n) is 7.19. The summed E-state index contributed by atoms with van der Waals surface area (Å²) in [6, 6.07) is 8.84. The molecule has 1 spiro atoms.